The van der Waals surface area contributed by atoms with E-state index in [2.05, 4.69) is 23.7 Å². The molecule has 0 fully saturated rings. The Hall–Kier alpha value is -3.15. The summed E-state index contributed by atoms with van der Waals surface area (Å²) in [6.07, 6.45) is 2.77. The lowest BCUT2D eigenvalue weighted by atomic mass is 9.98. The van der Waals surface area contributed by atoms with Crippen LogP contribution in [0.2, 0.25) is 0 Å². The Morgan fingerprint density at radius 2 is 1.90 bits per heavy atom. The Bertz CT molecular complexity index is 1030. The lowest BCUT2D eigenvalue weighted by molar-refractivity contribution is 0.175. The zero-order valence-electron chi connectivity index (χ0n) is 16.4. The topological polar surface area (TPSA) is 37.3 Å². The molecule has 3 aromatic rings. The molecule has 4 nitrogen and oxygen atoms in total. The highest BCUT2D eigenvalue weighted by Crippen LogP contribution is 2.43. The number of rotatable bonds is 4. The predicted octanol–water partition coefficient (Wildman–Crippen LogP) is 5.68. The number of nitrogens with zero attached hydrogens (tertiary/aromatic N) is 2. The fourth-order valence-electron chi connectivity index (χ4n) is 4.04. The van der Waals surface area contributed by atoms with Crippen LogP contribution in [0.25, 0.3) is 0 Å². The molecule has 0 bridgehead atoms. The van der Waals surface area contributed by atoms with Crippen molar-refractivity contribution >= 4 is 11.7 Å². The zero-order chi connectivity index (χ0) is 20.6. The fraction of sp³-hybridized carbons (Fsp3) is 0.261. The van der Waals surface area contributed by atoms with Crippen LogP contribution < -0.4 is 5.32 Å². The number of nitrogens with one attached hydrogen (secondary N) is 1. The molecule has 1 unspecified atom stereocenters. The summed E-state index contributed by atoms with van der Waals surface area (Å²) < 4.78 is 29.5. The van der Waals surface area contributed by atoms with Gasteiger partial charge in [0.1, 0.15) is 11.6 Å². The van der Waals surface area contributed by atoms with Gasteiger partial charge in [-0.15, -0.1) is 0 Å². The second kappa shape index (κ2) is 7.35. The van der Waals surface area contributed by atoms with Gasteiger partial charge in [-0.2, -0.15) is 0 Å². The van der Waals surface area contributed by atoms with Crippen molar-refractivity contribution in [3.8, 4) is 0 Å². The lowest BCUT2D eigenvalue weighted by Crippen LogP contribution is -2.37. The van der Waals surface area contributed by atoms with Crippen molar-refractivity contribution in [2.75, 3.05) is 5.32 Å². The molecule has 2 heterocycles. The van der Waals surface area contributed by atoms with Crippen molar-refractivity contribution < 1.29 is 13.6 Å². The number of halogens is 2. The van der Waals surface area contributed by atoms with E-state index >= 15 is 0 Å². The summed E-state index contributed by atoms with van der Waals surface area (Å²) in [5, 5.41) is 2.62. The summed E-state index contributed by atoms with van der Waals surface area (Å²) in [5.74, 6) is -1.48. The number of hydrogen-bond acceptors (Lipinski definition) is 1. The molecule has 0 saturated carbocycles. The van der Waals surface area contributed by atoms with Crippen molar-refractivity contribution in [3.63, 3.8) is 0 Å². The van der Waals surface area contributed by atoms with Crippen LogP contribution in [0.1, 0.15) is 37.6 Å². The molecule has 29 heavy (non-hydrogen) atoms. The third kappa shape index (κ3) is 3.75. The van der Waals surface area contributed by atoms with Gasteiger partial charge in [-0.3, -0.25) is 0 Å². The molecule has 0 saturated heterocycles. The first-order valence-corrected chi connectivity index (χ1v) is 9.59. The van der Waals surface area contributed by atoms with Gasteiger partial charge in [-0.05, 0) is 50.1 Å². The summed E-state index contributed by atoms with van der Waals surface area (Å²) in [7, 11) is 0. The molecule has 4 rings (SSSR count). The maximum Gasteiger partial charge on any atom is 0.322 e. The van der Waals surface area contributed by atoms with Crippen molar-refractivity contribution in [3.05, 3.63) is 89.8 Å². The molecule has 150 valence electrons. The number of urea groups is 1. The summed E-state index contributed by atoms with van der Waals surface area (Å²) in [6.45, 7) is 4.64. The van der Waals surface area contributed by atoms with Gasteiger partial charge in [0, 0.05) is 30.0 Å². The summed E-state index contributed by atoms with van der Waals surface area (Å²) in [5.41, 5.74) is 1.84. The minimum Gasteiger partial charge on any atom is -0.344 e. The molecule has 2 aromatic carbocycles. The Labute approximate surface area is 168 Å². The van der Waals surface area contributed by atoms with Gasteiger partial charge in [0.2, 0.25) is 0 Å². The van der Waals surface area contributed by atoms with Crippen LogP contribution >= 0.6 is 0 Å². The molecule has 0 aliphatic carbocycles. The first-order chi connectivity index (χ1) is 13.8. The van der Waals surface area contributed by atoms with Gasteiger partial charge < -0.3 is 14.8 Å². The van der Waals surface area contributed by atoms with Gasteiger partial charge in [-0.1, -0.05) is 30.3 Å². The van der Waals surface area contributed by atoms with Crippen molar-refractivity contribution in [2.45, 2.75) is 38.4 Å². The van der Waals surface area contributed by atoms with Gasteiger partial charge in [0.15, 0.2) is 0 Å². The van der Waals surface area contributed by atoms with Crippen LogP contribution in [0.3, 0.4) is 0 Å². The van der Waals surface area contributed by atoms with Crippen molar-refractivity contribution in [2.24, 2.45) is 0 Å². The number of carbonyl (C=O) groups is 1. The second-order valence-corrected chi connectivity index (χ2v) is 8.00. The Morgan fingerprint density at radius 1 is 1.14 bits per heavy atom. The molecular weight excluding hydrogens is 372 g/mol. The number of aromatic nitrogens is 1. The van der Waals surface area contributed by atoms with Crippen LogP contribution in [0.4, 0.5) is 19.3 Å². The van der Waals surface area contributed by atoms with E-state index < -0.39 is 17.7 Å². The average molecular weight is 395 g/mol. The molecule has 1 aliphatic rings. The largest absolute Gasteiger partial charge is 0.344 e. The lowest BCUT2D eigenvalue weighted by Gasteiger charge is -2.30. The highest BCUT2D eigenvalue weighted by atomic mass is 19.1. The molecule has 6 heteroatoms. The molecule has 1 aromatic heterocycles. The first kappa shape index (κ1) is 19.2. The minimum atomic E-state index is -0.798. The van der Waals surface area contributed by atoms with Crippen LogP contribution in [0, 0.1) is 11.6 Å². The summed E-state index contributed by atoms with van der Waals surface area (Å²) >= 11 is 0. The maximum absolute atomic E-state index is 14.1. The number of benzene rings is 2. The van der Waals surface area contributed by atoms with Crippen LogP contribution in [-0.4, -0.2) is 15.5 Å². The molecule has 1 N–H and O–H groups in total. The van der Waals surface area contributed by atoms with Crippen LogP contribution in [0.15, 0.2) is 66.9 Å². The SMILES string of the molecule is CC1(C)CC(N(Cc2ccccc2)C(=O)Nc2ccc(F)cc2F)c2cccn21. The summed E-state index contributed by atoms with van der Waals surface area (Å²) in [6, 6.07) is 16.2. The fourth-order valence-corrected chi connectivity index (χ4v) is 4.04. The molecule has 1 aliphatic heterocycles. The van der Waals surface area contributed by atoms with Gasteiger partial charge in [0.05, 0.1) is 11.7 Å². The number of hydrogen-bond donors (Lipinski definition) is 1. The van der Waals surface area contributed by atoms with Gasteiger partial charge in [-0.25, -0.2) is 13.6 Å². The van der Waals surface area contributed by atoms with Crippen LogP contribution in [-0.2, 0) is 12.1 Å². The van der Waals surface area contributed by atoms with E-state index in [1.807, 2.05) is 48.7 Å². The monoisotopic (exact) mass is 395 g/mol. The highest BCUT2D eigenvalue weighted by molar-refractivity contribution is 5.89. The average Bonchev–Trinajstić information content (AvgIpc) is 3.26. The van der Waals surface area contributed by atoms with E-state index in [4.69, 9.17) is 0 Å². The van der Waals surface area contributed by atoms with E-state index in [9.17, 15) is 13.6 Å². The van der Waals surface area contributed by atoms with E-state index in [0.29, 0.717) is 6.54 Å². The third-order valence-electron chi connectivity index (χ3n) is 5.47. The number of amides is 2. The van der Waals surface area contributed by atoms with Crippen LogP contribution in [0.5, 0.6) is 0 Å². The molecule has 2 amide bonds. The molecular formula is C23H23F2N3O. The third-order valence-corrected chi connectivity index (χ3v) is 5.47. The van der Waals surface area contributed by atoms with E-state index in [-0.39, 0.29) is 17.3 Å². The molecule has 1 atom stereocenters. The van der Waals surface area contributed by atoms with Crippen molar-refractivity contribution in [1.82, 2.24) is 9.47 Å². The second-order valence-electron chi connectivity index (χ2n) is 8.00. The van der Waals surface area contributed by atoms with E-state index in [1.165, 1.54) is 6.07 Å². The maximum atomic E-state index is 14.1. The number of fused-ring (bicyclic) bond motifs is 1. The van der Waals surface area contributed by atoms with Crippen molar-refractivity contribution in [1.29, 1.82) is 0 Å². The predicted molar refractivity (Wildman–Crippen MR) is 108 cm³/mol. The number of anilines is 1. The minimum absolute atomic E-state index is 0.0397. The first-order valence-electron chi connectivity index (χ1n) is 9.59. The summed E-state index contributed by atoms with van der Waals surface area (Å²) in [4.78, 5) is 14.9. The van der Waals surface area contributed by atoms with Gasteiger partial charge >= 0.3 is 6.03 Å². The Kier molecular flexibility index (Phi) is 4.86. The zero-order valence-corrected chi connectivity index (χ0v) is 16.4. The van der Waals surface area contributed by atoms with Gasteiger partial charge in [0.25, 0.3) is 0 Å². The molecule has 0 spiro atoms. The molecule has 0 radical (unpaired) electrons. The Balaban J connectivity index is 1.67. The number of carbonyl (C=O) groups excluding carboxylic acids is 1. The standard InChI is InChI=1S/C23H23F2N3O/c1-23(2)14-21(20-9-6-12-28(20)23)27(15-16-7-4-3-5-8-16)22(29)26-19-11-10-17(24)13-18(19)25/h3-13,21H,14-15H2,1-2H3,(H,26,29). The Morgan fingerprint density at radius 3 is 2.62 bits per heavy atom. The quantitative estimate of drug-likeness (QED) is 0.606. The highest BCUT2D eigenvalue weighted by Gasteiger charge is 2.40. The van der Waals surface area contributed by atoms with E-state index in [1.54, 1.807) is 4.90 Å². The smallest absolute Gasteiger partial charge is 0.322 e. The normalized spacial score (nSPS) is 17.0. The van der Waals surface area contributed by atoms with E-state index in [0.717, 1.165) is 29.8 Å².